The molecule has 17 heavy (non-hydrogen) atoms. The molecule has 1 aromatic heterocycles. The van der Waals surface area contributed by atoms with E-state index < -0.39 is 16.4 Å². The van der Waals surface area contributed by atoms with E-state index in [1.54, 1.807) is 6.92 Å². The smallest absolute Gasteiger partial charge is 0.258 e. The summed E-state index contributed by atoms with van der Waals surface area (Å²) in [5.41, 5.74) is -0.0538. The minimum Gasteiger partial charge on any atom is -0.258 e. The fraction of sp³-hybridized carbons (Fsp3) is 0.100. The molecule has 88 valence electrons. The highest BCUT2D eigenvalue weighted by Crippen LogP contribution is 2.27. The van der Waals surface area contributed by atoms with E-state index in [-0.39, 0.29) is 5.69 Å². The Morgan fingerprint density at radius 2 is 2.24 bits per heavy atom. The number of benzene rings is 1. The van der Waals surface area contributed by atoms with Gasteiger partial charge in [0.25, 0.3) is 0 Å². The van der Waals surface area contributed by atoms with E-state index in [0.29, 0.717) is 10.7 Å². The fourth-order valence-corrected chi connectivity index (χ4v) is 1.56. The van der Waals surface area contributed by atoms with Gasteiger partial charge in [-0.2, -0.15) is 9.49 Å². The van der Waals surface area contributed by atoms with Gasteiger partial charge in [0.05, 0.1) is 15.6 Å². The Labute approximate surface area is 101 Å². The van der Waals surface area contributed by atoms with Crippen LogP contribution in [-0.4, -0.2) is 14.7 Å². The van der Waals surface area contributed by atoms with Crippen LogP contribution in [0.15, 0.2) is 24.4 Å². The highest BCUT2D eigenvalue weighted by molar-refractivity contribution is 6.31. The molecule has 1 aromatic carbocycles. The first kappa shape index (κ1) is 11.5. The van der Waals surface area contributed by atoms with Crippen molar-refractivity contribution in [2.24, 2.45) is 0 Å². The Balaban J connectivity index is 2.67. The average Bonchev–Trinajstić information content (AvgIpc) is 2.58. The maximum atomic E-state index is 13.4. The molecule has 0 saturated heterocycles. The van der Waals surface area contributed by atoms with Crippen molar-refractivity contribution in [1.29, 1.82) is 0 Å². The summed E-state index contributed by atoms with van der Waals surface area (Å²) in [5, 5.41) is 15.1. The Morgan fingerprint density at radius 3 is 2.76 bits per heavy atom. The molecule has 0 spiro atoms. The molecule has 0 unspecified atom stereocenters. The normalized spacial score (nSPS) is 10.5. The van der Waals surface area contributed by atoms with Crippen LogP contribution in [0.2, 0.25) is 5.02 Å². The van der Waals surface area contributed by atoms with Gasteiger partial charge in [-0.15, -0.1) is 0 Å². The Morgan fingerprint density at radius 1 is 1.53 bits per heavy atom. The molecule has 0 amide bonds. The predicted molar refractivity (Wildman–Crippen MR) is 59.9 cm³/mol. The zero-order valence-corrected chi connectivity index (χ0v) is 9.48. The number of nitro groups is 1. The number of hydrogen-bond acceptors (Lipinski definition) is 3. The van der Waals surface area contributed by atoms with Gasteiger partial charge in [-0.3, -0.25) is 10.1 Å². The van der Waals surface area contributed by atoms with Crippen molar-refractivity contribution in [3.05, 3.63) is 51.0 Å². The van der Waals surface area contributed by atoms with Crippen molar-refractivity contribution in [2.45, 2.75) is 6.92 Å². The molecule has 0 bridgehead atoms. The molecule has 7 heteroatoms. The number of hydrogen-bond donors (Lipinski definition) is 0. The molecule has 2 rings (SSSR count). The van der Waals surface area contributed by atoms with Gasteiger partial charge >= 0.3 is 5.69 Å². The molecule has 0 N–H and O–H groups in total. The van der Waals surface area contributed by atoms with Crippen molar-refractivity contribution in [3.63, 3.8) is 0 Å². The van der Waals surface area contributed by atoms with Crippen molar-refractivity contribution in [1.82, 2.24) is 9.78 Å². The Hall–Kier alpha value is -1.95. The maximum absolute atomic E-state index is 13.4. The number of para-hydroxylation sites is 1. The van der Waals surface area contributed by atoms with E-state index in [0.717, 1.165) is 6.07 Å². The van der Waals surface area contributed by atoms with Gasteiger partial charge in [-0.05, 0) is 19.1 Å². The van der Waals surface area contributed by atoms with Crippen molar-refractivity contribution >= 4 is 17.3 Å². The second kappa shape index (κ2) is 4.14. The zero-order chi connectivity index (χ0) is 12.6. The van der Waals surface area contributed by atoms with Gasteiger partial charge in [-0.25, -0.2) is 4.68 Å². The van der Waals surface area contributed by atoms with E-state index in [1.807, 2.05) is 0 Å². The SMILES string of the molecule is Cc1nn(-c2cccc(F)c2[N+](=O)[O-])cc1Cl. The molecule has 1 heterocycles. The van der Waals surface area contributed by atoms with Crippen molar-refractivity contribution in [3.8, 4) is 5.69 Å². The van der Waals surface area contributed by atoms with Gasteiger partial charge in [0.1, 0.15) is 5.69 Å². The lowest BCUT2D eigenvalue weighted by Crippen LogP contribution is -2.03. The molecular weight excluding hydrogens is 249 g/mol. The van der Waals surface area contributed by atoms with E-state index in [9.17, 15) is 14.5 Å². The van der Waals surface area contributed by atoms with Gasteiger partial charge in [0, 0.05) is 6.20 Å². The summed E-state index contributed by atoms with van der Waals surface area (Å²) in [4.78, 5) is 10.0. The zero-order valence-electron chi connectivity index (χ0n) is 8.72. The number of aromatic nitrogens is 2. The van der Waals surface area contributed by atoms with Gasteiger partial charge in [0.2, 0.25) is 5.82 Å². The third kappa shape index (κ3) is 1.99. The lowest BCUT2D eigenvalue weighted by atomic mass is 10.2. The molecule has 0 fully saturated rings. The number of rotatable bonds is 2. The minimum atomic E-state index is -0.906. The third-order valence-electron chi connectivity index (χ3n) is 2.23. The second-order valence-electron chi connectivity index (χ2n) is 3.37. The quantitative estimate of drug-likeness (QED) is 0.612. The summed E-state index contributed by atoms with van der Waals surface area (Å²) >= 11 is 5.80. The lowest BCUT2D eigenvalue weighted by molar-refractivity contribution is -0.387. The third-order valence-corrected chi connectivity index (χ3v) is 2.60. The fourth-order valence-electron chi connectivity index (χ4n) is 1.43. The van der Waals surface area contributed by atoms with Gasteiger partial charge in [-0.1, -0.05) is 17.7 Å². The van der Waals surface area contributed by atoms with E-state index in [1.165, 1.54) is 23.0 Å². The summed E-state index contributed by atoms with van der Waals surface area (Å²) in [6.45, 7) is 1.66. The van der Waals surface area contributed by atoms with Gasteiger partial charge < -0.3 is 0 Å². The van der Waals surface area contributed by atoms with Crippen LogP contribution in [0, 0.1) is 22.9 Å². The molecule has 5 nitrogen and oxygen atoms in total. The summed E-state index contributed by atoms with van der Waals surface area (Å²) in [7, 11) is 0. The van der Waals surface area contributed by atoms with Crippen LogP contribution in [0.5, 0.6) is 0 Å². The van der Waals surface area contributed by atoms with Crippen LogP contribution in [-0.2, 0) is 0 Å². The largest absolute Gasteiger partial charge is 0.330 e. The molecule has 0 aliphatic heterocycles. The highest BCUT2D eigenvalue weighted by Gasteiger charge is 2.22. The standard InChI is InChI=1S/C10H7ClFN3O2/c1-6-7(11)5-14(13-6)9-4-2-3-8(12)10(9)15(16)17/h2-5H,1H3. The number of nitro benzene ring substituents is 1. The van der Waals surface area contributed by atoms with Crippen molar-refractivity contribution < 1.29 is 9.31 Å². The van der Waals surface area contributed by atoms with Crippen LogP contribution in [0.25, 0.3) is 5.69 Å². The number of aryl methyl sites for hydroxylation is 1. The maximum Gasteiger partial charge on any atom is 0.330 e. The Bertz CT molecular complexity index is 578. The average molecular weight is 256 g/mol. The topological polar surface area (TPSA) is 61.0 Å². The summed E-state index contributed by atoms with van der Waals surface area (Å²) in [6, 6.07) is 3.81. The molecule has 0 radical (unpaired) electrons. The van der Waals surface area contributed by atoms with Gasteiger partial charge in [0.15, 0.2) is 0 Å². The van der Waals surface area contributed by atoms with E-state index in [4.69, 9.17) is 11.6 Å². The van der Waals surface area contributed by atoms with Crippen LogP contribution < -0.4 is 0 Å². The summed E-state index contributed by atoms with van der Waals surface area (Å²) in [5.74, 6) is -0.906. The molecule has 0 aliphatic rings. The van der Waals surface area contributed by atoms with Crippen LogP contribution in [0.4, 0.5) is 10.1 Å². The molecule has 2 aromatic rings. The highest BCUT2D eigenvalue weighted by atomic mass is 35.5. The van der Waals surface area contributed by atoms with E-state index in [2.05, 4.69) is 5.10 Å². The number of nitrogens with zero attached hydrogens (tertiary/aromatic N) is 3. The monoisotopic (exact) mass is 255 g/mol. The first-order chi connectivity index (χ1) is 8.00. The predicted octanol–water partition coefficient (Wildman–Crippen LogP) is 2.88. The molecule has 0 aliphatic carbocycles. The van der Waals surface area contributed by atoms with Crippen LogP contribution in [0.1, 0.15) is 5.69 Å². The molecular formula is C10H7ClFN3O2. The summed E-state index contributed by atoms with van der Waals surface area (Å²) in [6.07, 6.45) is 1.40. The molecule has 0 saturated carbocycles. The summed E-state index contributed by atoms with van der Waals surface area (Å²) < 4.78 is 14.6. The minimum absolute atomic E-state index is 0.0463. The van der Waals surface area contributed by atoms with Crippen molar-refractivity contribution in [2.75, 3.05) is 0 Å². The Kier molecular flexibility index (Phi) is 2.81. The van der Waals surface area contributed by atoms with Crippen LogP contribution in [0.3, 0.4) is 0 Å². The number of halogens is 2. The lowest BCUT2D eigenvalue weighted by Gasteiger charge is -2.02. The van der Waals surface area contributed by atoms with E-state index >= 15 is 0 Å². The first-order valence-corrected chi connectivity index (χ1v) is 5.03. The second-order valence-corrected chi connectivity index (χ2v) is 3.78. The molecule has 0 atom stereocenters. The van der Waals surface area contributed by atoms with Crippen LogP contribution >= 0.6 is 11.6 Å². The first-order valence-electron chi connectivity index (χ1n) is 4.65.